The Kier molecular flexibility index (Phi) is 6.42. The molecule has 0 aliphatic heterocycles. The maximum atomic E-state index is 12.5. The van der Waals surface area contributed by atoms with E-state index in [0.29, 0.717) is 11.8 Å². The first-order valence-corrected chi connectivity index (χ1v) is 8.35. The van der Waals surface area contributed by atoms with Crippen LogP contribution in [0.2, 0.25) is 0 Å². The van der Waals surface area contributed by atoms with E-state index in [2.05, 4.69) is 10.6 Å². The van der Waals surface area contributed by atoms with Crippen LogP contribution < -0.4 is 10.6 Å². The molecule has 0 radical (unpaired) electrons. The third-order valence-corrected chi connectivity index (χ3v) is 3.98. The van der Waals surface area contributed by atoms with Crippen LogP contribution in [0, 0.1) is 20.2 Å². The lowest BCUT2D eigenvalue weighted by Gasteiger charge is -2.27. The maximum absolute atomic E-state index is 12.5. The Morgan fingerprint density at radius 1 is 1.00 bits per heavy atom. The van der Waals surface area contributed by atoms with Crippen molar-refractivity contribution < 1.29 is 14.6 Å². The van der Waals surface area contributed by atoms with Gasteiger partial charge in [-0.15, -0.1) is 0 Å². The Bertz CT molecular complexity index is 874. The number of benzene rings is 2. The first-order valence-electron chi connectivity index (χ1n) is 7.21. The summed E-state index contributed by atoms with van der Waals surface area (Å²) in [6, 6.07) is 11.1. The standard InChI is InChI=1S/C15H11Cl3N4O5/c16-15(17,18)14(19-9-4-2-1-3-5-9)20-13(23)11-7-6-10(21(24)25)8-12(11)22(26)27/h1-8,14,19H,(H,20,23)/t14-/m1/s1. The smallest absolute Gasteiger partial charge is 0.289 e. The number of anilines is 1. The quantitative estimate of drug-likeness (QED) is 0.306. The van der Waals surface area contributed by atoms with Crippen LogP contribution in [0.25, 0.3) is 0 Å². The maximum Gasteiger partial charge on any atom is 0.289 e. The van der Waals surface area contributed by atoms with Crippen LogP contribution in [0.15, 0.2) is 48.5 Å². The Balaban J connectivity index is 2.32. The highest BCUT2D eigenvalue weighted by Gasteiger charge is 2.35. The first kappa shape index (κ1) is 20.7. The second-order valence-electron chi connectivity index (χ2n) is 5.17. The molecule has 0 bridgehead atoms. The lowest BCUT2D eigenvalue weighted by Crippen LogP contribution is -2.49. The molecule has 0 heterocycles. The van der Waals surface area contributed by atoms with Gasteiger partial charge in [-0.2, -0.15) is 0 Å². The Morgan fingerprint density at radius 3 is 2.15 bits per heavy atom. The fourth-order valence-corrected chi connectivity index (χ4v) is 2.41. The minimum Gasteiger partial charge on any atom is -0.362 e. The van der Waals surface area contributed by atoms with Crippen molar-refractivity contribution in [2.45, 2.75) is 9.96 Å². The zero-order chi connectivity index (χ0) is 20.2. The van der Waals surface area contributed by atoms with Crippen molar-refractivity contribution in [1.29, 1.82) is 0 Å². The van der Waals surface area contributed by atoms with Crippen molar-refractivity contribution in [1.82, 2.24) is 5.32 Å². The van der Waals surface area contributed by atoms with Gasteiger partial charge in [-0.1, -0.05) is 53.0 Å². The highest BCUT2D eigenvalue weighted by Crippen LogP contribution is 2.32. The van der Waals surface area contributed by atoms with Gasteiger partial charge in [0.2, 0.25) is 3.79 Å². The number of amides is 1. The molecule has 0 aromatic heterocycles. The van der Waals surface area contributed by atoms with Crippen molar-refractivity contribution >= 4 is 57.8 Å². The summed E-state index contributed by atoms with van der Waals surface area (Å²) in [7, 11) is 0. The number of halogens is 3. The fourth-order valence-electron chi connectivity index (χ4n) is 2.09. The minimum atomic E-state index is -2.00. The van der Waals surface area contributed by atoms with Crippen molar-refractivity contribution in [3.63, 3.8) is 0 Å². The van der Waals surface area contributed by atoms with Crippen LogP contribution in [-0.2, 0) is 0 Å². The van der Waals surface area contributed by atoms with E-state index in [-0.39, 0.29) is 0 Å². The number of carbonyl (C=O) groups excluding carboxylic acids is 1. The zero-order valence-electron chi connectivity index (χ0n) is 13.3. The number of nitrogens with one attached hydrogen (secondary N) is 2. The molecule has 0 saturated carbocycles. The van der Waals surface area contributed by atoms with E-state index in [1.54, 1.807) is 30.3 Å². The number of non-ortho nitro benzene ring substituents is 1. The number of carbonyl (C=O) groups is 1. The van der Waals surface area contributed by atoms with Crippen LogP contribution >= 0.6 is 34.8 Å². The molecule has 1 amide bonds. The van der Waals surface area contributed by atoms with Crippen molar-refractivity contribution in [2.75, 3.05) is 5.32 Å². The van der Waals surface area contributed by atoms with Gasteiger partial charge in [0.25, 0.3) is 17.3 Å². The number of para-hydroxylation sites is 1. The number of hydrogen-bond donors (Lipinski definition) is 2. The second kappa shape index (κ2) is 8.38. The number of nitro groups is 2. The highest BCUT2D eigenvalue weighted by atomic mass is 35.6. The van der Waals surface area contributed by atoms with E-state index in [1.807, 2.05) is 0 Å². The number of nitrogens with zero attached hydrogens (tertiary/aromatic N) is 2. The summed E-state index contributed by atoms with van der Waals surface area (Å²) in [6.45, 7) is 0. The molecular weight excluding hydrogens is 423 g/mol. The molecule has 0 saturated heterocycles. The largest absolute Gasteiger partial charge is 0.362 e. The van der Waals surface area contributed by atoms with E-state index in [9.17, 15) is 25.0 Å². The Hall–Kier alpha value is -2.62. The third kappa shape index (κ3) is 5.43. The molecule has 0 fully saturated rings. The van der Waals surface area contributed by atoms with E-state index in [1.165, 1.54) is 0 Å². The number of hydrogen-bond acceptors (Lipinski definition) is 6. The zero-order valence-corrected chi connectivity index (χ0v) is 15.5. The molecule has 2 aromatic carbocycles. The summed E-state index contributed by atoms with van der Waals surface area (Å²) in [5, 5.41) is 27.1. The lowest BCUT2D eigenvalue weighted by molar-refractivity contribution is -0.394. The van der Waals surface area contributed by atoms with Gasteiger partial charge in [0.1, 0.15) is 11.7 Å². The van der Waals surface area contributed by atoms with Gasteiger partial charge in [0.05, 0.1) is 15.9 Å². The molecule has 0 unspecified atom stereocenters. The number of rotatable bonds is 6. The molecule has 0 spiro atoms. The predicted molar refractivity (Wildman–Crippen MR) is 101 cm³/mol. The van der Waals surface area contributed by atoms with E-state index < -0.39 is 42.7 Å². The monoisotopic (exact) mass is 432 g/mol. The van der Waals surface area contributed by atoms with Crippen LogP contribution in [-0.4, -0.2) is 25.7 Å². The average molecular weight is 434 g/mol. The summed E-state index contributed by atoms with van der Waals surface area (Å²) in [4.78, 5) is 32.8. The van der Waals surface area contributed by atoms with Gasteiger partial charge >= 0.3 is 0 Å². The van der Waals surface area contributed by atoms with Crippen LogP contribution in [0.3, 0.4) is 0 Å². The predicted octanol–water partition coefficient (Wildman–Crippen LogP) is 4.04. The topological polar surface area (TPSA) is 127 Å². The molecule has 12 heteroatoms. The number of alkyl halides is 3. The molecule has 1 atom stereocenters. The van der Waals surface area contributed by atoms with Crippen LogP contribution in [0.5, 0.6) is 0 Å². The van der Waals surface area contributed by atoms with Crippen LogP contribution in [0.1, 0.15) is 10.4 Å². The van der Waals surface area contributed by atoms with E-state index in [0.717, 1.165) is 12.1 Å². The second-order valence-corrected chi connectivity index (χ2v) is 7.54. The molecule has 142 valence electrons. The normalized spacial score (nSPS) is 12.1. The molecule has 2 aromatic rings. The van der Waals surface area contributed by atoms with Gasteiger partial charge in [-0.05, 0) is 18.2 Å². The Morgan fingerprint density at radius 2 is 1.63 bits per heavy atom. The molecule has 2 rings (SSSR count). The molecular formula is C15H11Cl3N4O5. The molecule has 0 aliphatic carbocycles. The SMILES string of the molecule is O=C(N[C@@H](Nc1ccccc1)C(Cl)(Cl)Cl)c1ccc([N+](=O)[O-])cc1[N+](=O)[O-]. The van der Waals surface area contributed by atoms with Gasteiger partial charge in [0.15, 0.2) is 0 Å². The molecule has 2 N–H and O–H groups in total. The Labute approximate surface area is 167 Å². The summed E-state index contributed by atoms with van der Waals surface area (Å²) >= 11 is 17.6. The van der Waals surface area contributed by atoms with Gasteiger partial charge in [-0.25, -0.2) is 0 Å². The van der Waals surface area contributed by atoms with Gasteiger partial charge < -0.3 is 10.6 Å². The minimum absolute atomic E-state index is 0.417. The lowest BCUT2D eigenvalue weighted by atomic mass is 10.1. The average Bonchev–Trinajstić information content (AvgIpc) is 2.60. The molecule has 9 nitrogen and oxygen atoms in total. The van der Waals surface area contributed by atoms with Crippen molar-refractivity contribution in [3.05, 3.63) is 74.3 Å². The highest BCUT2D eigenvalue weighted by molar-refractivity contribution is 6.68. The van der Waals surface area contributed by atoms with Crippen molar-refractivity contribution in [2.24, 2.45) is 0 Å². The fraction of sp³-hybridized carbons (Fsp3) is 0.133. The van der Waals surface area contributed by atoms with Gasteiger partial charge in [0, 0.05) is 11.8 Å². The first-order chi connectivity index (χ1) is 12.6. The molecule has 0 aliphatic rings. The summed E-state index contributed by atoms with van der Waals surface area (Å²) < 4.78 is -2.00. The third-order valence-electron chi connectivity index (χ3n) is 3.32. The van der Waals surface area contributed by atoms with E-state index >= 15 is 0 Å². The summed E-state index contributed by atoms with van der Waals surface area (Å²) in [5.41, 5.74) is -1.17. The van der Waals surface area contributed by atoms with E-state index in [4.69, 9.17) is 34.8 Å². The number of nitro benzene ring substituents is 2. The summed E-state index contributed by atoms with van der Waals surface area (Å²) in [5.74, 6) is -0.948. The van der Waals surface area contributed by atoms with Crippen LogP contribution in [0.4, 0.5) is 17.1 Å². The van der Waals surface area contributed by atoms with Crippen molar-refractivity contribution in [3.8, 4) is 0 Å². The summed E-state index contributed by atoms with van der Waals surface area (Å²) in [6.07, 6.45) is -1.24. The van der Waals surface area contributed by atoms with Gasteiger partial charge in [-0.3, -0.25) is 25.0 Å². The molecule has 27 heavy (non-hydrogen) atoms.